The number of primary amides is 1. The standard InChI is InChI=1S/C12H8F6N4O/c13-11(14,15)8-3-6(1-2-20-8)7-4-22(5-9(19)23)21-10(7)12(16,17)18/h1-4H,5H2,(H2,19,23). The van der Waals surface area contributed by atoms with E-state index in [1.807, 2.05) is 0 Å². The normalized spacial score (nSPS) is 12.4. The predicted molar refractivity (Wildman–Crippen MR) is 64.7 cm³/mol. The maximum Gasteiger partial charge on any atom is 0.435 e. The summed E-state index contributed by atoms with van der Waals surface area (Å²) in [4.78, 5) is 13.9. The van der Waals surface area contributed by atoms with E-state index in [1.54, 1.807) is 0 Å². The highest BCUT2D eigenvalue weighted by Crippen LogP contribution is 2.37. The molecule has 0 saturated carbocycles. The zero-order valence-electron chi connectivity index (χ0n) is 11.1. The molecule has 2 aromatic heterocycles. The van der Waals surface area contributed by atoms with Crippen LogP contribution in [0, 0.1) is 0 Å². The van der Waals surface area contributed by atoms with Gasteiger partial charge in [-0.25, -0.2) is 0 Å². The topological polar surface area (TPSA) is 73.8 Å². The molecule has 0 fully saturated rings. The fourth-order valence-electron chi connectivity index (χ4n) is 1.84. The molecule has 0 unspecified atom stereocenters. The summed E-state index contributed by atoms with van der Waals surface area (Å²) < 4.78 is 77.5. The molecule has 2 aromatic rings. The van der Waals surface area contributed by atoms with Crippen molar-refractivity contribution in [1.29, 1.82) is 0 Å². The van der Waals surface area contributed by atoms with Gasteiger partial charge in [0.1, 0.15) is 12.2 Å². The van der Waals surface area contributed by atoms with Gasteiger partial charge in [0.2, 0.25) is 5.91 Å². The van der Waals surface area contributed by atoms with Gasteiger partial charge in [0.25, 0.3) is 0 Å². The van der Waals surface area contributed by atoms with Crippen molar-refractivity contribution in [3.63, 3.8) is 0 Å². The highest BCUT2D eigenvalue weighted by atomic mass is 19.4. The Hall–Kier alpha value is -2.59. The highest BCUT2D eigenvalue weighted by molar-refractivity contribution is 5.74. The molecular weight excluding hydrogens is 330 g/mol. The summed E-state index contributed by atoms with van der Waals surface area (Å²) in [6.07, 6.45) is -8.18. The van der Waals surface area contributed by atoms with Crippen LogP contribution in [0.3, 0.4) is 0 Å². The minimum atomic E-state index is -4.92. The molecule has 0 saturated heterocycles. The lowest BCUT2D eigenvalue weighted by atomic mass is 10.1. The average molecular weight is 338 g/mol. The first-order valence-electron chi connectivity index (χ1n) is 5.95. The molecule has 11 heteroatoms. The average Bonchev–Trinajstić information content (AvgIpc) is 2.81. The molecule has 124 valence electrons. The van der Waals surface area contributed by atoms with Gasteiger partial charge in [-0.15, -0.1) is 0 Å². The summed E-state index contributed by atoms with van der Waals surface area (Å²) in [5.41, 5.74) is 1.13. The van der Waals surface area contributed by atoms with Crippen LogP contribution >= 0.6 is 0 Å². The van der Waals surface area contributed by atoms with Crippen LogP contribution in [0.1, 0.15) is 11.4 Å². The fourth-order valence-corrected chi connectivity index (χ4v) is 1.84. The minimum absolute atomic E-state index is 0.379. The van der Waals surface area contributed by atoms with Crippen molar-refractivity contribution < 1.29 is 31.1 Å². The van der Waals surface area contributed by atoms with E-state index in [9.17, 15) is 31.1 Å². The second-order valence-electron chi connectivity index (χ2n) is 4.48. The molecule has 0 bridgehead atoms. The molecule has 5 nitrogen and oxygen atoms in total. The molecule has 2 heterocycles. The van der Waals surface area contributed by atoms with Crippen LogP contribution in [0.2, 0.25) is 0 Å². The molecule has 0 atom stereocenters. The lowest BCUT2D eigenvalue weighted by Crippen LogP contribution is -2.19. The first-order chi connectivity index (χ1) is 10.5. The fraction of sp³-hybridized carbons (Fsp3) is 0.250. The Balaban J connectivity index is 2.58. The number of pyridine rings is 1. The monoisotopic (exact) mass is 338 g/mol. The molecule has 0 aliphatic heterocycles. The van der Waals surface area contributed by atoms with Crippen molar-refractivity contribution in [2.75, 3.05) is 0 Å². The lowest BCUT2D eigenvalue weighted by Gasteiger charge is -2.09. The van der Waals surface area contributed by atoms with Crippen molar-refractivity contribution in [1.82, 2.24) is 14.8 Å². The third-order valence-corrected chi connectivity index (χ3v) is 2.71. The third-order valence-electron chi connectivity index (χ3n) is 2.71. The van der Waals surface area contributed by atoms with Gasteiger partial charge in [0, 0.05) is 18.0 Å². The summed E-state index contributed by atoms with van der Waals surface area (Å²) >= 11 is 0. The summed E-state index contributed by atoms with van der Waals surface area (Å²) in [7, 11) is 0. The van der Waals surface area contributed by atoms with Gasteiger partial charge in [0.15, 0.2) is 5.69 Å². The SMILES string of the molecule is NC(=O)Cn1cc(-c2ccnc(C(F)(F)F)c2)c(C(F)(F)F)n1. The van der Waals surface area contributed by atoms with Crippen LogP contribution in [-0.4, -0.2) is 20.7 Å². The van der Waals surface area contributed by atoms with Crippen molar-refractivity contribution in [2.24, 2.45) is 5.73 Å². The Bertz CT molecular complexity index is 734. The van der Waals surface area contributed by atoms with Crippen LogP contribution in [-0.2, 0) is 23.7 Å². The van der Waals surface area contributed by atoms with Gasteiger partial charge in [0.05, 0.1) is 0 Å². The number of amides is 1. The number of halogens is 6. The van der Waals surface area contributed by atoms with Crippen molar-refractivity contribution in [3.8, 4) is 11.1 Å². The number of carbonyl (C=O) groups excluding carboxylic acids is 1. The van der Waals surface area contributed by atoms with Gasteiger partial charge in [-0.1, -0.05) is 0 Å². The van der Waals surface area contributed by atoms with Crippen LogP contribution in [0.5, 0.6) is 0 Å². The Kier molecular flexibility index (Phi) is 4.05. The van der Waals surface area contributed by atoms with Crippen molar-refractivity contribution >= 4 is 5.91 Å². The minimum Gasteiger partial charge on any atom is -0.368 e. The van der Waals surface area contributed by atoms with E-state index in [1.165, 1.54) is 0 Å². The van der Waals surface area contributed by atoms with Crippen molar-refractivity contribution in [2.45, 2.75) is 18.9 Å². The summed E-state index contributed by atoms with van der Waals surface area (Å²) in [5.74, 6) is -0.946. The van der Waals surface area contributed by atoms with Gasteiger partial charge in [-0.05, 0) is 17.7 Å². The lowest BCUT2D eigenvalue weighted by molar-refractivity contribution is -0.141. The van der Waals surface area contributed by atoms with E-state index in [0.717, 1.165) is 18.5 Å². The second-order valence-corrected chi connectivity index (χ2v) is 4.48. The second kappa shape index (κ2) is 5.56. The summed E-state index contributed by atoms with van der Waals surface area (Å²) in [6, 6.07) is 1.46. The van der Waals surface area contributed by atoms with E-state index in [-0.39, 0.29) is 5.56 Å². The van der Waals surface area contributed by atoms with Crippen LogP contribution < -0.4 is 5.73 Å². The molecule has 0 spiro atoms. The molecule has 23 heavy (non-hydrogen) atoms. The van der Waals surface area contributed by atoms with Gasteiger partial charge >= 0.3 is 12.4 Å². The highest BCUT2D eigenvalue weighted by Gasteiger charge is 2.38. The Labute approximate surface area is 124 Å². The number of hydrogen-bond acceptors (Lipinski definition) is 3. The number of nitrogens with two attached hydrogens (primary N) is 1. The molecule has 0 radical (unpaired) electrons. The smallest absolute Gasteiger partial charge is 0.368 e. The van der Waals surface area contributed by atoms with Crippen molar-refractivity contribution in [3.05, 3.63) is 35.9 Å². The van der Waals surface area contributed by atoms with E-state index in [0.29, 0.717) is 10.7 Å². The molecule has 1 amide bonds. The maximum absolute atomic E-state index is 13.0. The van der Waals surface area contributed by atoms with E-state index in [4.69, 9.17) is 5.73 Å². The molecule has 0 aliphatic carbocycles. The summed E-state index contributed by atoms with van der Waals surface area (Å²) in [6.45, 7) is -0.639. The molecule has 2 N–H and O–H groups in total. The number of hydrogen-bond donors (Lipinski definition) is 1. The van der Waals surface area contributed by atoms with Crippen LogP contribution in [0.15, 0.2) is 24.5 Å². The van der Waals surface area contributed by atoms with Gasteiger partial charge in [-0.3, -0.25) is 14.5 Å². The Morgan fingerprint density at radius 2 is 1.83 bits per heavy atom. The van der Waals surface area contributed by atoms with Gasteiger partial charge in [-0.2, -0.15) is 31.4 Å². The van der Waals surface area contributed by atoms with Crippen LogP contribution in [0.25, 0.3) is 11.1 Å². The molecule has 0 aliphatic rings. The largest absolute Gasteiger partial charge is 0.435 e. The number of carbonyl (C=O) groups is 1. The van der Waals surface area contributed by atoms with Gasteiger partial charge < -0.3 is 5.73 Å². The Morgan fingerprint density at radius 3 is 2.35 bits per heavy atom. The van der Waals surface area contributed by atoms with E-state index < -0.39 is 41.8 Å². The number of nitrogens with zero attached hydrogens (tertiary/aromatic N) is 3. The van der Waals surface area contributed by atoms with E-state index >= 15 is 0 Å². The zero-order chi connectivity index (χ0) is 17.4. The van der Waals surface area contributed by atoms with Crippen LogP contribution in [0.4, 0.5) is 26.3 Å². The number of alkyl halides is 6. The molecule has 0 aromatic carbocycles. The maximum atomic E-state index is 13.0. The zero-order valence-corrected chi connectivity index (χ0v) is 11.1. The van der Waals surface area contributed by atoms with E-state index in [2.05, 4.69) is 10.1 Å². The molecule has 2 rings (SSSR count). The number of rotatable bonds is 3. The molecular formula is C12H8F6N4O. The predicted octanol–water partition coefficient (Wildman–Crippen LogP) is 2.47. The first kappa shape index (κ1) is 16.8. The quantitative estimate of drug-likeness (QED) is 0.874. The Morgan fingerprint density at radius 1 is 1.17 bits per heavy atom. The summed E-state index contributed by atoms with van der Waals surface area (Å²) in [5, 5.41) is 3.18. The third kappa shape index (κ3) is 3.79. The number of aromatic nitrogens is 3. The first-order valence-corrected chi connectivity index (χ1v) is 5.95.